The molecule has 2 amide bonds. The molecule has 1 aromatic heterocycles. The van der Waals surface area contributed by atoms with Crippen LogP contribution in [0.4, 0.5) is 11.5 Å². The number of rotatable bonds is 4. The average Bonchev–Trinajstić information content (AvgIpc) is 2.92. The Balaban J connectivity index is 1.56. The number of benzene rings is 1. The van der Waals surface area contributed by atoms with E-state index in [0.717, 1.165) is 32.1 Å². The van der Waals surface area contributed by atoms with Crippen LogP contribution in [-0.4, -0.2) is 25.2 Å². The van der Waals surface area contributed by atoms with Crippen molar-refractivity contribution in [1.82, 2.24) is 4.98 Å². The van der Waals surface area contributed by atoms with Gasteiger partial charge in [0.1, 0.15) is 5.82 Å². The molecular weight excluding hydrogens is 378 g/mol. The SMILES string of the molecule is O=C1CC2(CCCCC2)C(=O)N1c1ccc(S(=O)(=O)Nc2ccccn2)cc1. The number of carbonyl (C=O) groups excluding carboxylic acids is 2. The van der Waals surface area contributed by atoms with Crippen molar-refractivity contribution in [1.29, 1.82) is 0 Å². The highest BCUT2D eigenvalue weighted by Gasteiger charge is 2.51. The first-order chi connectivity index (χ1) is 13.4. The van der Waals surface area contributed by atoms with Gasteiger partial charge in [-0.15, -0.1) is 0 Å². The zero-order valence-electron chi connectivity index (χ0n) is 15.3. The monoisotopic (exact) mass is 399 g/mol. The lowest BCUT2D eigenvalue weighted by Gasteiger charge is -2.30. The highest BCUT2D eigenvalue weighted by molar-refractivity contribution is 7.92. The number of nitrogens with zero attached hydrogens (tertiary/aromatic N) is 2. The maximum Gasteiger partial charge on any atom is 0.263 e. The highest BCUT2D eigenvalue weighted by Crippen LogP contribution is 2.46. The van der Waals surface area contributed by atoms with Crippen LogP contribution in [0, 0.1) is 5.41 Å². The Kier molecular flexibility index (Phi) is 4.66. The van der Waals surface area contributed by atoms with E-state index in [4.69, 9.17) is 0 Å². The minimum Gasteiger partial charge on any atom is -0.274 e. The Hall–Kier alpha value is -2.74. The zero-order chi connectivity index (χ0) is 19.8. The summed E-state index contributed by atoms with van der Waals surface area (Å²) in [5.74, 6) is -0.149. The van der Waals surface area contributed by atoms with E-state index in [1.165, 1.54) is 35.4 Å². The van der Waals surface area contributed by atoms with Gasteiger partial charge >= 0.3 is 0 Å². The Labute approximate surface area is 163 Å². The molecule has 4 rings (SSSR count). The standard InChI is InChI=1S/C20H21N3O4S/c24-18-14-20(11-3-1-4-12-20)19(25)23(18)15-7-9-16(10-8-15)28(26,27)22-17-6-2-5-13-21-17/h2,5-10,13H,1,3-4,11-12,14H2,(H,21,22). The maximum absolute atomic E-state index is 13.0. The lowest BCUT2D eigenvalue weighted by Crippen LogP contribution is -2.36. The van der Waals surface area contributed by atoms with Gasteiger partial charge in [0, 0.05) is 12.6 Å². The second-order valence-electron chi connectivity index (χ2n) is 7.37. The first kappa shape index (κ1) is 18.6. The minimum atomic E-state index is -3.81. The second-order valence-corrected chi connectivity index (χ2v) is 9.05. The molecule has 1 spiro atoms. The number of imide groups is 1. The summed E-state index contributed by atoms with van der Waals surface area (Å²) in [5.41, 5.74) is -0.158. The summed E-state index contributed by atoms with van der Waals surface area (Å²) in [7, 11) is -3.81. The average molecular weight is 399 g/mol. The molecule has 0 atom stereocenters. The molecule has 2 fully saturated rings. The van der Waals surface area contributed by atoms with E-state index in [9.17, 15) is 18.0 Å². The lowest BCUT2D eigenvalue weighted by atomic mass is 9.73. The van der Waals surface area contributed by atoms with Crippen molar-refractivity contribution < 1.29 is 18.0 Å². The Morgan fingerprint density at radius 1 is 0.964 bits per heavy atom. The molecule has 7 nitrogen and oxygen atoms in total. The molecule has 28 heavy (non-hydrogen) atoms. The largest absolute Gasteiger partial charge is 0.274 e. The smallest absolute Gasteiger partial charge is 0.263 e. The van der Waals surface area contributed by atoms with Gasteiger partial charge in [-0.25, -0.2) is 13.4 Å². The molecule has 1 aromatic carbocycles. The summed E-state index contributed by atoms with van der Waals surface area (Å²) in [6, 6.07) is 10.7. The van der Waals surface area contributed by atoms with Crippen molar-refractivity contribution in [2.75, 3.05) is 9.62 Å². The third kappa shape index (κ3) is 3.28. The maximum atomic E-state index is 13.0. The van der Waals surface area contributed by atoms with Crippen molar-refractivity contribution in [3.63, 3.8) is 0 Å². The van der Waals surface area contributed by atoms with E-state index in [1.54, 1.807) is 18.2 Å². The van der Waals surface area contributed by atoms with Gasteiger partial charge in [-0.1, -0.05) is 25.3 Å². The summed E-state index contributed by atoms with van der Waals surface area (Å²) in [6.07, 6.45) is 6.24. The highest BCUT2D eigenvalue weighted by atomic mass is 32.2. The predicted octanol–water partition coefficient (Wildman–Crippen LogP) is 3.10. The summed E-state index contributed by atoms with van der Waals surface area (Å²) in [4.78, 5) is 30.7. The van der Waals surface area contributed by atoms with Crippen LogP contribution in [0.3, 0.4) is 0 Å². The third-order valence-corrected chi connectivity index (χ3v) is 6.89. The Morgan fingerprint density at radius 3 is 2.32 bits per heavy atom. The number of pyridine rings is 1. The molecular formula is C20H21N3O4S. The number of sulfonamides is 1. The first-order valence-corrected chi connectivity index (χ1v) is 10.8. The molecule has 1 aliphatic carbocycles. The fraction of sp³-hybridized carbons (Fsp3) is 0.350. The summed E-state index contributed by atoms with van der Waals surface area (Å²) >= 11 is 0. The van der Waals surface area contributed by atoms with E-state index in [-0.39, 0.29) is 28.9 Å². The Morgan fingerprint density at radius 2 is 1.68 bits per heavy atom. The van der Waals surface area contributed by atoms with E-state index in [2.05, 4.69) is 9.71 Å². The van der Waals surface area contributed by atoms with Gasteiger partial charge in [0.25, 0.3) is 10.0 Å². The van der Waals surface area contributed by atoms with Gasteiger partial charge in [0.05, 0.1) is 16.0 Å². The van der Waals surface area contributed by atoms with Crippen LogP contribution in [0.5, 0.6) is 0 Å². The fourth-order valence-corrected chi connectivity index (χ4v) is 5.08. The second kappa shape index (κ2) is 7.01. The normalized spacial score (nSPS) is 19.2. The quantitative estimate of drug-likeness (QED) is 0.797. The third-order valence-electron chi connectivity index (χ3n) is 5.52. The summed E-state index contributed by atoms with van der Waals surface area (Å²) < 4.78 is 27.4. The number of aromatic nitrogens is 1. The predicted molar refractivity (Wildman–Crippen MR) is 104 cm³/mol. The first-order valence-electron chi connectivity index (χ1n) is 9.33. The van der Waals surface area contributed by atoms with Crippen LogP contribution in [0.2, 0.25) is 0 Å². The topological polar surface area (TPSA) is 96.4 Å². The van der Waals surface area contributed by atoms with Crippen LogP contribution in [0.15, 0.2) is 53.6 Å². The van der Waals surface area contributed by atoms with Gasteiger partial charge in [0.2, 0.25) is 11.8 Å². The molecule has 1 saturated carbocycles. The van der Waals surface area contributed by atoms with Crippen LogP contribution in [-0.2, 0) is 19.6 Å². The van der Waals surface area contributed by atoms with Crippen molar-refractivity contribution >= 4 is 33.3 Å². The molecule has 146 valence electrons. The number of hydrogen-bond acceptors (Lipinski definition) is 5. The molecule has 0 bridgehead atoms. The molecule has 1 N–H and O–H groups in total. The van der Waals surface area contributed by atoms with Crippen LogP contribution >= 0.6 is 0 Å². The van der Waals surface area contributed by atoms with Crippen LogP contribution in [0.1, 0.15) is 38.5 Å². The number of hydrogen-bond donors (Lipinski definition) is 1. The van der Waals surface area contributed by atoms with Gasteiger partial charge in [-0.05, 0) is 49.2 Å². The van der Waals surface area contributed by atoms with Gasteiger partial charge in [-0.2, -0.15) is 0 Å². The number of nitrogens with one attached hydrogen (secondary N) is 1. The molecule has 0 radical (unpaired) electrons. The molecule has 2 heterocycles. The molecule has 0 unspecified atom stereocenters. The van der Waals surface area contributed by atoms with Gasteiger partial charge < -0.3 is 0 Å². The molecule has 1 saturated heterocycles. The number of carbonyl (C=O) groups is 2. The minimum absolute atomic E-state index is 0.0355. The van der Waals surface area contributed by atoms with Crippen molar-refractivity contribution in [2.45, 2.75) is 43.4 Å². The summed E-state index contributed by atoms with van der Waals surface area (Å²) in [6.45, 7) is 0. The van der Waals surface area contributed by atoms with Crippen molar-refractivity contribution in [3.05, 3.63) is 48.7 Å². The zero-order valence-corrected chi connectivity index (χ0v) is 16.1. The Bertz CT molecular complexity index is 998. The van der Waals surface area contributed by atoms with Gasteiger partial charge in [-0.3, -0.25) is 19.2 Å². The van der Waals surface area contributed by atoms with E-state index >= 15 is 0 Å². The molecule has 2 aliphatic rings. The van der Waals surface area contributed by atoms with Crippen molar-refractivity contribution in [2.24, 2.45) is 5.41 Å². The number of amides is 2. The van der Waals surface area contributed by atoms with Crippen LogP contribution < -0.4 is 9.62 Å². The molecule has 8 heteroatoms. The van der Waals surface area contributed by atoms with Crippen LogP contribution in [0.25, 0.3) is 0 Å². The number of anilines is 2. The van der Waals surface area contributed by atoms with Crippen molar-refractivity contribution in [3.8, 4) is 0 Å². The van der Waals surface area contributed by atoms with E-state index in [0.29, 0.717) is 5.69 Å². The lowest BCUT2D eigenvalue weighted by molar-refractivity contribution is -0.127. The fourth-order valence-electron chi connectivity index (χ4n) is 4.07. The van der Waals surface area contributed by atoms with E-state index in [1.807, 2.05) is 0 Å². The molecule has 2 aromatic rings. The molecule has 1 aliphatic heterocycles. The van der Waals surface area contributed by atoms with E-state index < -0.39 is 15.4 Å². The summed E-state index contributed by atoms with van der Waals surface area (Å²) in [5, 5.41) is 0. The van der Waals surface area contributed by atoms with Gasteiger partial charge in [0.15, 0.2) is 0 Å².